The monoisotopic (exact) mass is 537 g/mol. The van der Waals surface area contributed by atoms with Crippen molar-refractivity contribution in [2.75, 3.05) is 42.3 Å². The van der Waals surface area contributed by atoms with Crippen LogP contribution in [-0.2, 0) is 6.18 Å². The number of nitriles is 1. The second kappa shape index (κ2) is 8.94. The van der Waals surface area contributed by atoms with Gasteiger partial charge in [0.2, 0.25) is 0 Å². The molecule has 0 atom stereocenters. The average Bonchev–Trinajstić information content (AvgIpc) is 3.21. The van der Waals surface area contributed by atoms with E-state index in [9.17, 15) is 22.8 Å². The molecule has 1 aliphatic heterocycles. The number of rotatable bonds is 3. The minimum absolute atomic E-state index is 0.0807. The lowest BCUT2D eigenvalue weighted by Gasteiger charge is -2.29. The fraction of sp³-hybridized carbons (Fsp3) is 0.261. The summed E-state index contributed by atoms with van der Waals surface area (Å²) in [7, 11) is 1.27. The van der Waals surface area contributed by atoms with Crippen molar-refractivity contribution in [2.24, 2.45) is 0 Å². The highest BCUT2D eigenvalue weighted by Crippen LogP contribution is 2.48. The van der Waals surface area contributed by atoms with Crippen LogP contribution in [0.5, 0.6) is 6.01 Å². The van der Waals surface area contributed by atoms with Gasteiger partial charge in [0.1, 0.15) is 28.2 Å². The van der Waals surface area contributed by atoms with E-state index in [-0.39, 0.29) is 48.9 Å². The van der Waals surface area contributed by atoms with Crippen LogP contribution in [0.15, 0.2) is 18.2 Å². The van der Waals surface area contributed by atoms with Crippen LogP contribution in [0.25, 0.3) is 32.1 Å². The van der Waals surface area contributed by atoms with Crippen LogP contribution in [0.1, 0.15) is 11.1 Å². The number of alkyl halides is 3. The number of halogens is 5. The van der Waals surface area contributed by atoms with Gasteiger partial charge in [-0.25, -0.2) is 8.78 Å². The average molecular weight is 538 g/mol. The lowest BCUT2D eigenvalue weighted by Crippen LogP contribution is -2.33. The van der Waals surface area contributed by atoms with Crippen LogP contribution in [0.4, 0.5) is 32.8 Å². The summed E-state index contributed by atoms with van der Waals surface area (Å²) in [6.45, 7) is 1.01. The van der Waals surface area contributed by atoms with Gasteiger partial charge in [-0.05, 0) is 17.7 Å². The van der Waals surface area contributed by atoms with Gasteiger partial charge in [0.05, 0.1) is 22.9 Å². The molecular weight excluding hydrogens is 521 g/mol. The molecule has 2 aromatic heterocycles. The van der Waals surface area contributed by atoms with Gasteiger partial charge in [0.15, 0.2) is 5.82 Å². The number of nitrogen functional groups attached to an aromatic ring is 1. The summed E-state index contributed by atoms with van der Waals surface area (Å²) in [6.07, 6.45) is -4.99. The SMILES string of the molecule is COc1nc(N2CCSCC2)c2cc(C(F)(F)F)c(-c3ccc(F)c4sc(N)c(C#N)c34)c(F)c2n1. The molecule has 0 unspecified atom stereocenters. The van der Waals surface area contributed by atoms with Crippen LogP contribution < -0.4 is 15.4 Å². The Morgan fingerprint density at radius 1 is 1.17 bits per heavy atom. The maximum absolute atomic E-state index is 16.2. The van der Waals surface area contributed by atoms with Gasteiger partial charge < -0.3 is 15.4 Å². The third kappa shape index (κ3) is 3.84. The number of thiophene rings is 1. The van der Waals surface area contributed by atoms with Gasteiger partial charge >= 0.3 is 12.2 Å². The van der Waals surface area contributed by atoms with E-state index in [0.29, 0.717) is 24.4 Å². The number of anilines is 2. The van der Waals surface area contributed by atoms with E-state index in [0.717, 1.165) is 29.7 Å². The van der Waals surface area contributed by atoms with Crippen LogP contribution in [0.3, 0.4) is 0 Å². The number of ether oxygens (including phenoxy) is 1. The van der Waals surface area contributed by atoms with Crippen molar-refractivity contribution in [2.45, 2.75) is 6.18 Å². The van der Waals surface area contributed by atoms with Gasteiger partial charge in [-0.3, -0.25) is 0 Å². The summed E-state index contributed by atoms with van der Waals surface area (Å²) in [4.78, 5) is 10.0. The highest BCUT2D eigenvalue weighted by Gasteiger charge is 2.38. The number of aromatic nitrogens is 2. The van der Waals surface area contributed by atoms with Crippen molar-refractivity contribution < 1.29 is 26.7 Å². The molecule has 0 saturated carbocycles. The summed E-state index contributed by atoms with van der Waals surface area (Å²) >= 11 is 2.40. The normalized spacial score (nSPS) is 14.4. The maximum Gasteiger partial charge on any atom is 0.417 e. The Bertz CT molecular complexity index is 1560. The number of hydrogen-bond acceptors (Lipinski definition) is 8. The fourth-order valence-corrected chi connectivity index (χ4v) is 6.15. The lowest BCUT2D eigenvalue weighted by atomic mass is 9.92. The lowest BCUT2D eigenvalue weighted by molar-refractivity contribution is -0.137. The number of hydrogen-bond donors (Lipinski definition) is 1. The third-order valence-electron chi connectivity index (χ3n) is 5.89. The second-order valence-corrected chi connectivity index (χ2v) is 10.2. The first-order chi connectivity index (χ1) is 17.2. The minimum Gasteiger partial charge on any atom is -0.467 e. The molecule has 186 valence electrons. The molecule has 1 saturated heterocycles. The van der Waals surface area contributed by atoms with Crippen molar-refractivity contribution in [3.8, 4) is 23.2 Å². The van der Waals surface area contributed by atoms with Crippen LogP contribution in [0, 0.1) is 23.0 Å². The Labute approximate surface area is 209 Å². The molecule has 2 aromatic carbocycles. The summed E-state index contributed by atoms with van der Waals surface area (Å²) in [5, 5.41) is 9.19. The molecule has 5 rings (SSSR count). The largest absolute Gasteiger partial charge is 0.467 e. The first-order valence-corrected chi connectivity index (χ1v) is 12.5. The number of nitrogens with zero attached hydrogens (tertiary/aromatic N) is 4. The molecule has 0 radical (unpaired) electrons. The van der Waals surface area contributed by atoms with Gasteiger partial charge in [0.25, 0.3) is 0 Å². The number of fused-ring (bicyclic) bond motifs is 2. The Balaban J connectivity index is 1.92. The molecule has 0 bridgehead atoms. The fourth-order valence-electron chi connectivity index (χ4n) is 4.29. The van der Waals surface area contributed by atoms with Gasteiger partial charge in [0, 0.05) is 40.9 Å². The minimum atomic E-state index is -4.99. The third-order valence-corrected chi connectivity index (χ3v) is 7.86. The zero-order valence-electron chi connectivity index (χ0n) is 18.5. The van der Waals surface area contributed by atoms with Gasteiger partial charge in [-0.15, -0.1) is 11.3 Å². The number of benzene rings is 2. The quantitative estimate of drug-likeness (QED) is 0.329. The molecule has 6 nitrogen and oxygen atoms in total. The van der Waals surface area contributed by atoms with E-state index in [1.807, 2.05) is 0 Å². The molecule has 3 heterocycles. The topological polar surface area (TPSA) is 88.1 Å². The number of methoxy groups -OCH3 is 1. The number of nitrogens with two attached hydrogens (primary N) is 1. The Morgan fingerprint density at radius 2 is 1.89 bits per heavy atom. The highest BCUT2D eigenvalue weighted by atomic mass is 32.2. The standard InChI is InChI=1S/C23H16F5N5OS2/c1-34-22-31-18-11(21(32-22)33-4-6-35-7-5-33)8-13(23(26,27)28)16(17(18)25)10-2-3-14(24)19-15(10)12(9-29)20(30)36-19/h2-3,8H,4-7,30H2,1H3. The molecule has 0 aliphatic carbocycles. The summed E-state index contributed by atoms with van der Waals surface area (Å²) in [5.41, 5.74) is 2.79. The van der Waals surface area contributed by atoms with Gasteiger partial charge in [-0.2, -0.15) is 40.2 Å². The summed E-state index contributed by atoms with van der Waals surface area (Å²) in [6, 6.07) is 4.35. The zero-order valence-corrected chi connectivity index (χ0v) is 20.2. The predicted octanol–water partition coefficient (Wildman–Crippen LogP) is 5.82. The van der Waals surface area contributed by atoms with E-state index in [1.54, 1.807) is 22.7 Å². The summed E-state index contributed by atoms with van der Waals surface area (Å²) < 4.78 is 79.0. The van der Waals surface area contributed by atoms with Crippen LogP contribution >= 0.6 is 23.1 Å². The first-order valence-electron chi connectivity index (χ1n) is 10.5. The van der Waals surface area contributed by atoms with Crippen molar-refractivity contribution in [1.82, 2.24) is 9.97 Å². The molecule has 1 fully saturated rings. The van der Waals surface area contributed by atoms with Crippen molar-refractivity contribution in [3.63, 3.8) is 0 Å². The molecule has 1 aliphatic rings. The predicted molar refractivity (Wildman–Crippen MR) is 130 cm³/mol. The molecule has 36 heavy (non-hydrogen) atoms. The van der Waals surface area contributed by atoms with E-state index in [2.05, 4.69) is 9.97 Å². The molecule has 0 spiro atoms. The molecule has 2 N–H and O–H groups in total. The van der Waals surface area contributed by atoms with Crippen molar-refractivity contribution >= 4 is 54.9 Å². The zero-order chi connectivity index (χ0) is 25.8. The Hall–Kier alpha value is -3.37. The smallest absolute Gasteiger partial charge is 0.417 e. The highest BCUT2D eigenvalue weighted by molar-refractivity contribution is 7.99. The summed E-state index contributed by atoms with van der Waals surface area (Å²) in [5.74, 6) is -0.477. The Morgan fingerprint density at radius 3 is 2.53 bits per heavy atom. The van der Waals surface area contributed by atoms with Crippen molar-refractivity contribution in [1.29, 1.82) is 5.26 Å². The second-order valence-electron chi connectivity index (χ2n) is 7.89. The van der Waals surface area contributed by atoms with E-state index in [4.69, 9.17) is 10.5 Å². The van der Waals surface area contributed by atoms with Crippen molar-refractivity contribution in [3.05, 3.63) is 41.0 Å². The Kier molecular flexibility index (Phi) is 6.04. The number of thioether (sulfide) groups is 1. The first kappa shape index (κ1) is 24.3. The maximum atomic E-state index is 16.2. The van der Waals surface area contributed by atoms with Crippen LogP contribution in [-0.4, -0.2) is 41.7 Å². The molecule has 13 heteroatoms. The van der Waals surface area contributed by atoms with E-state index >= 15 is 4.39 Å². The van der Waals surface area contributed by atoms with Gasteiger partial charge in [-0.1, -0.05) is 6.07 Å². The van der Waals surface area contributed by atoms with E-state index in [1.165, 1.54) is 7.11 Å². The molecule has 0 amide bonds. The molecular formula is C23H16F5N5OS2. The van der Waals surface area contributed by atoms with Crippen LogP contribution in [0.2, 0.25) is 0 Å². The molecule has 4 aromatic rings. The van der Waals surface area contributed by atoms with E-state index < -0.39 is 28.9 Å².